The highest BCUT2D eigenvalue weighted by molar-refractivity contribution is 5.95. The largest absolute Gasteiger partial charge is 0.493 e. The Morgan fingerprint density at radius 1 is 0.944 bits per heavy atom. The van der Waals surface area contributed by atoms with Crippen molar-refractivity contribution in [3.63, 3.8) is 0 Å². The average molecular weight is 495 g/mol. The van der Waals surface area contributed by atoms with E-state index in [9.17, 15) is 9.59 Å². The molecule has 3 rings (SSSR count). The van der Waals surface area contributed by atoms with Gasteiger partial charge in [0.05, 0.1) is 25.3 Å². The summed E-state index contributed by atoms with van der Waals surface area (Å²) in [6, 6.07) is 13.9. The van der Waals surface area contributed by atoms with E-state index in [4.69, 9.17) is 14.2 Å². The maximum atomic E-state index is 13.1. The number of amides is 2. The van der Waals surface area contributed by atoms with Crippen molar-refractivity contribution in [2.75, 3.05) is 13.7 Å². The van der Waals surface area contributed by atoms with Gasteiger partial charge in [0, 0.05) is 5.70 Å². The van der Waals surface area contributed by atoms with E-state index in [1.165, 1.54) is 32.1 Å². The van der Waals surface area contributed by atoms with Crippen molar-refractivity contribution in [2.45, 2.75) is 71.4 Å². The first-order chi connectivity index (χ1) is 17.5. The van der Waals surface area contributed by atoms with Gasteiger partial charge in [0.25, 0.3) is 0 Å². The maximum absolute atomic E-state index is 13.1. The van der Waals surface area contributed by atoms with E-state index >= 15 is 0 Å². The molecule has 2 aromatic rings. The van der Waals surface area contributed by atoms with Crippen molar-refractivity contribution in [3.8, 4) is 11.5 Å². The summed E-state index contributed by atoms with van der Waals surface area (Å²) in [6.45, 7) is 4.68. The van der Waals surface area contributed by atoms with Crippen molar-refractivity contribution < 1.29 is 23.8 Å². The normalized spacial score (nSPS) is 15.2. The van der Waals surface area contributed by atoms with Crippen LogP contribution in [0.15, 0.2) is 59.8 Å². The number of unbranched alkanes of at least 4 members (excludes halogenated alkanes) is 6. The molecule has 1 aliphatic heterocycles. The highest BCUT2D eigenvalue weighted by Gasteiger charge is 2.32. The molecule has 0 spiro atoms. The number of benzene rings is 2. The van der Waals surface area contributed by atoms with Crippen LogP contribution < -0.4 is 20.1 Å². The van der Waals surface area contributed by atoms with Gasteiger partial charge in [-0.3, -0.25) is 0 Å². The zero-order chi connectivity index (χ0) is 25.8. The molecule has 194 valence electrons. The SMILES string of the molecule is CCCCCCCCCOc1ccc(C2NC(=O)NC(C)=C2C(=O)OCc2ccccc2)cc1OC. The molecule has 7 nitrogen and oxygen atoms in total. The fourth-order valence-corrected chi connectivity index (χ4v) is 4.24. The third-order valence-electron chi connectivity index (χ3n) is 6.23. The van der Waals surface area contributed by atoms with E-state index in [1.807, 2.05) is 42.5 Å². The van der Waals surface area contributed by atoms with Crippen molar-refractivity contribution in [2.24, 2.45) is 0 Å². The zero-order valence-electron chi connectivity index (χ0n) is 21.6. The Morgan fingerprint density at radius 2 is 1.67 bits per heavy atom. The van der Waals surface area contributed by atoms with Crippen LogP contribution in [0.1, 0.15) is 76.0 Å². The minimum absolute atomic E-state index is 0.145. The number of methoxy groups -OCH3 is 1. The number of nitrogens with one attached hydrogen (secondary N) is 2. The van der Waals surface area contributed by atoms with Crippen LogP contribution in [0.25, 0.3) is 0 Å². The Hall–Kier alpha value is -3.48. The molecule has 36 heavy (non-hydrogen) atoms. The van der Waals surface area contributed by atoms with Crippen LogP contribution in [0, 0.1) is 0 Å². The van der Waals surface area contributed by atoms with E-state index in [1.54, 1.807) is 20.1 Å². The molecule has 0 saturated carbocycles. The third kappa shape index (κ3) is 7.77. The van der Waals surface area contributed by atoms with Gasteiger partial charge in [-0.1, -0.05) is 81.8 Å². The molecule has 0 fully saturated rings. The quantitative estimate of drug-likeness (QED) is 0.241. The topological polar surface area (TPSA) is 85.9 Å². The lowest BCUT2D eigenvalue weighted by atomic mass is 9.95. The Morgan fingerprint density at radius 3 is 2.39 bits per heavy atom. The van der Waals surface area contributed by atoms with Crippen LogP contribution in [-0.2, 0) is 16.1 Å². The van der Waals surface area contributed by atoms with E-state index in [-0.39, 0.29) is 12.6 Å². The smallest absolute Gasteiger partial charge is 0.338 e. The third-order valence-corrected chi connectivity index (χ3v) is 6.23. The summed E-state index contributed by atoms with van der Waals surface area (Å²) >= 11 is 0. The second kappa shape index (κ2) is 14.2. The summed E-state index contributed by atoms with van der Waals surface area (Å²) in [4.78, 5) is 25.3. The second-order valence-electron chi connectivity index (χ2n) is 9.01. The fourth-order valence-electron chi connectivity index (χ4n) is 4.24. The van der Waals surface area contributed by atoms with Crippen molar-refractivity contribution in [1.29, 1.82) is 0 Å². The molecule has 1 aliphatic rings. The molecule has 0 aromatic heterocycles. The van der Waals surface area contributed by atoms with Gasteiger partial charge in [0.1, 0.15) is 6.61 Å². The minimum atomic E-state index is -0.673. The van der Waals surface area contributed by atoms with Crippen LogP contribution in [-0.4, -0.2) is 25.7 Å². The summed E-state index contributed by atoms with van der Waals surface area (Å²) in [5.74, 6) is 0.700. The number of ether oxygens (including phenoxy) is 3. The van der Waals surface area contributed by atoms with Gasteiger partial charge in [0.2, 0.25) is 0 Å². The van der Waals surface area contributed by atoms with Gasteiger partial charge in [-0.25, -0.2) is 9.59 Å². The second-order valence-corrected chi connectivity index (χ2v) is 9.01. The molecular weight excluding hydrogens is 456 g/mol. The minimum Gasteiger partial charge on any atom is -0.493 e. The Kier molecular flexibility index (Phi) is 10.7. The highest BCUT2D eigenvalue weighted by Crippen LogP contribution is 2.35. The summed E-state index contributed by atoms with van der Waals surface area (Å²) in [5.41, 5.74) is 2.40. The number of carbonyl (C=O) groups excluding carboxylic acids is 2. The predicted molar refractivity (Wildman–Crippen MR) is 140 cm³/mol. The van der Waals surface area contributed by atoms with Crippen molar-refractivity contribution in [1.82, 2.24) is 10.6 Å². The molecule has 1 atom stereocenters. The summed E-state index contributed by atoms with van der Waals surface area (Å²) in [7, 11) is 1.58. The summed E-state index contributed by atoms with van der Waals surface area (Å²) in [6.07, 6.45) is 8.49. The summed E-state index contributed by atoms with van der Waals surface area (Å²) in [5, 5.41) is 5.52. The molecule has 0 saturated heterocycles. The molecule has 0 radical (unpaired) electrons. The number of allylic oxidation sites excluding steroid dienone is 1. The first-order valence-corrected chi connectivity index (χ1v) is 12.8. The van der Waals surface area contributed by atoms with Crippen LogP contribution in [0.3, 0.4) is 0 Å². The maximum Gasteiger partial charge on any atom is 0.338 e. The van der Waals surface area contributed by atoms with Gasteiger partial charge in [-0.05, 0) is 36.6 Å². The van der Waals surface area contributed by atoms with Gasteiger partial charge >= 0.3 is 12.0 Å². The number of hydrogen-bond donors (Lipinski definition) is 2. The lowest BCUT2D eigenvalue weighted by molar-refractivity contribution is -0.140. The van der Waals surface area contributed by atoms with Gasteiger partial charge in [-0.15, -0.1) is 0 Å². The molecule has 1 unspecified atom stereocenters. The predicted octanol–water partition coefficient (Wildman–Crippen LogP) is 6.20. The molecule has 2 aromatic carbocycles. The first-order valence-electron chi connectivity index (χ1n) is 12.8. The molecule has 0 bridgehead atoms. The van der Waals surface area contributed by atoms with E-state index in [2.05, 4.69) is 17.6 Å². The number of carbonyl (C=O) groups is 2. The van der Waals surface area contributed by atoms with Crippen LogP contribution in [0.5, 0.6) is 11.5 Å². The van der Waals surface area contributed by atoms with E-state index in [0.717, 1.165) is 18.4 Å². The molecular formula is C29H38N2O5. The Bertz CT molecular complexity index is 1040. The molecule has 7 heteroatoms. The first kappa shape index (κ1) is 27.1. The lowest BCUT2D eigenvalue weighted by Gasteiger charge is -2.28. The van der Waals surface area contributed by atoms with Crippen molar-refractivity contribution >= 4 is 12.0 Å². The summed E-state index contributed by atoms with van der Waals surface area (Å²) < 4.78 is 17.1. The standard InChI is InChI=1S/C29H38N2O5/c1-4-5-6-7-8-9-13-18-35-24-17-16-23(19-25(24)34-3)27-26(21(2)30-29(33)31-27)28(32)36-20-22-14-11-10-12-15-22/h10-12,14-17,19,27H,4-9,13,18,20H2,1-3H3,(H2,30,31,33). The zero-order valence-corrected chi connectivity index (χ0v) is 21.6. The lowest BCUT2D eigenvalue weighted by Crippen LogP contribution is -2.45. The van der Waals surface area contributed by atoms with Gasteiger partial charge in [0.15, 0.2) is 11.5 Å². The fraction of sp³-hybridized carbons (Fsp3) is 0.448. The number of hydrogen-bond acceptors (Lipinski definition) is 5. The molecule has 0 aliphatic carbocycles. The highest BCUT2D eigenvalue weighted by atomic mass is 16.5. The molecule has 2 amide bonds. The van der Waals surface area contributed by atoms with Crippen molar-refractivity contribution in [3.05, 3.63) is 70.9 Å². The van der Waals surface area contributed by atoms with Gasteiger partial charge in [-0.2, -0.15) is 0 Å². The average Bonchev–Trinajstić information content (AvgIpc) is 2.89. The molecule has 2 N–H and O–H groups in total. The number of urea groups is 1. The molecule has 1 heterocycles. The Labute approximate surface area is 214 Å². The van der Waals surface area contributed by atoms with Crippen LogP contribution >= 0.6 is 0 Å². The monoisotopic (exact) mass is 494 g/mol. The van der Waals surface area contributed by atoms with E-state index < -0.39 is 12.0 Å². The number of esters is 1. The van der Waals surface area contributed by atoms with Crippen LogP contribution in [0.2, 0.25) is 0 Å². The number of rotatable bonds is 14. The van der Waals surface area contributed by atoms with Crippen LogP contribution in [0.4, 0.5) is 4.79 Å². The Balaban J connectivity index is 1.66. The van der Waals surface area contributed by atoms with E-state index in [0.29, 0.717) is 34.9 Å². The van der Waals surface area contributed by atoms with Gasteiger partial charge < -0.3 is 24.8 Å².